The molecule has 3 aromatic heterocycles. The number of benzene rings is 1. The normalized spacial score (nSPS) is 15.0. The van der Waals surface area contributed by atoms with Gasteiger partial charge in [-0.1, -0.05) is 24.3 Å². The van der Waals surface area contributed by atoms with E-state index in [1.165, 1.54) is 21.5 Å². The third-order valence-corrected chi connectivity index (χ3v) is 6.67. The van der Waals surface area contributed by atoms with Crippen LogP contribution in [0, 0.1) is 0 Å². The lowest BCUT2D eigenvalue weighted by molar-refractivity contribution is -0.133. The number of carbonyl (C=O) groups is 1. The average molecular weight is 434 g/mol. The predicted molar refractivity (Wildman–Crippen MR) is 122 cm³/mol. The van der Waals surface area contributed by atoms with Crippen molar-refractivity contribution >= 4 is 38.4 Å². The Morgan fingerprint density at radius 3 is 2.74 bits per heavy atom. The van der Waals surface area contributed by atoms with E-state index in [0.29, 0.717) is 31.4 Å². The van der Waals surface area contributed by atoms with Gasteiger partial charge in [-0.2, -0.15) is 0 Å². The van der Waals surface area contributed by atoms with Gasteiger partial charge >= 0.3 is 0 Å². The zero-order valence-corrected chi connectivity index (χ0v) is 17.9. The van der Waals surface area contributed by atoms with Crippen LogP contribution in [0.3, 0.4) is 0 Å². The Morgan fingerprint density at radius 2 is 1.87 bits per heavy atom. The molecule has 0 aliphatic carbocycles. The lowest BCUT2D eigenvalue weighted by atomic mass is 10.1. The number of hydrogen-bond acceptors (Lipinski definition) is 6. The second-order valence-corrected chi connectivity index (χ2v) is 8.68. The minimum Gasteiger partial charge on any atom is -0.340 e. The summed E-state index contributed by atoms with van der Waals surface area (Å²) < 4.78 is 1.54. The summed E-state index contributed by atoms with van der Waals surface area (Å²) in [5.41, 5.74) is 2.19. The molecule has 0 bridgehead atoms. The highest BCUT2D eigenvalue weighted by Crippen LogP contribution is 2.19. The van der Waals surface area contributed by atoms with Gasteiger partial charge in [-0.05, 0) is 23.1 Å². The van der Waals surface area contributed by atoms with Gasteiger partial charge in [0.05, 0.1) is 17.2 Å². The molecule has 1 aliphatic rings. The molecule has 0 radical (unpaired) electrons. The molecule has 0 unspecified atom stereocenters. The molecular formula is C23H23N5O2S. The van der Waals surface area contributed by atoms with Gasteiger partial charge in [0.15, 0.2) is 0 Å². The first kappa shape index (κ1) is 19.8. The van der Waals surface area contributed by atoms with Crippen molar-refractivity contribution in [3.8, 4) is 0 Å². The van der Waals surface area contributed by atoms with Crippen LogP contribution in [0.4, 0.5) is 0 Å². The number of aryl methyl sites for hydroxylation is 1. The second kappa shape index (κ2) is 8.56. The highest BCUT2D eigenvalue weighted by Gasteiger charge is 2.21. The van der Waals surface area contributed by atoms with Crippen molar-refractivity contribution in [2.45, 2.75) is 19.5 Å². The van der Waals surface area contributed by atoms with Crippen LogP contribution >= 0.6 is 11.3 Å². The summed E-state index contributed by atoms with van der Waals surface area (Å²) in [7, 11) is 0. The number of rotatable bonds is 5. The van der Waals surface area contributed by atoms with Gasteiger partial charge < -0.3 is 4.90 Å². The fourth-order valence-electron chi connectivity index (χ4n) is 4.12. The van der Waals surface area contributed by atoms with Crippen molar-refractivity contribution in [1.82, 2.24) is 24.3 Å². The number of thiophene rings is 1. The summed E-state index contributed by atoms with van der Waals surface area (Å²) in [6, 6.07) is 12.1. The lowest BCUT2D eigenvalue weighted by Crippen LogP contribution is -2.48. The van der Waals surface area contributed by atoms with Crippen molar-refractivity contribution in [2.24, 2.45) is 0 Å². The van der Waals surface area contributed by atoms with Gasteiger partial charge in [-0.3, -0.25) is 24.0 Å². The fraction of sp³-hybridized carbons (Fsp3) is 0.304. The molecule has 0 atom stereocenters. The monoisotopic (exact) mass is 433 g/mol. The Hall–Kier alpha value is -3.10. The van der Waals surface area contributed by atoms with Crippen molar-refractivity contribution in [3.63, 3.8) is 0 Å². The number of para-hydroxylation sites is 1. The third-order valence-electron chi connectivity index (χ3n) is 5.85. The number of pyridine rings is 1. The summed E-state index contributed by atoms with van der Waals surface area (Å²) in [4.78, 5) is 39.0. The first-order valence-corrected chi connectivity index (χ1v) is 11.3. The Morgan fingerprint density at radius 1 is 1.03 bits per heavy atom. The van der Waals surface area contributed by atoms with E-state index in [9.17, 15) is 9.59 Å². The lowest BCUT2D eigenvalue weighted by Gasteiger charge is -2.35. The van der Waals surface area contributed by atoms with Gasteiger partial charge in [0.2, 0.25) is 5.91 Å². The summed E-state index contributed by atoms with van der Waals surface area (Å²) in [6.45, 7) is 4.26. The van der Waals surface area contributed by atoms with Crippen LogP contribution < -0.4 is 5.56 Å². The molecular weight excluding hydrogens is 410 g/mol. The van der Waals surface area contributed by atoms with E-state index in [0.717, 1.165) is 35.4 Å². The molecule has 158 valence electrons. The predicted octanol–water partition coefficient (Wildman–Crippen LogP) is 2.74. The average Bonchev–Trinajstić information content (AvgIpc) is 3.29. The highest BCUT2D eigenvalue weighted by molar-refractivity contribution is 7.16. The maximum absolute atomic E-state index is 12.7. The molecule has 1 fully saturated rings. The van der Waals surface area contributed by atoms with Gasteiger partial charge in [0, 0.05) is 57.3 Å². The van der Waals surface area contributed by atoms with Crippen molar-refractivity contribution in [3.05, 3.63) is 70.2 Å². The smallest absolute Gasteiger partial charge is 0.262 e. The molecule has 0 N–H and O–H groups in total. The molecule has 0 spiro atoms. The Bertz CT molecular complexity index is 1280. The number of carbonyl (C=O) groups excluding carboxylic acids is 1. The van der Waals surface area contributed by atoms with E-state index in [4.69, 9.17) is 0 Å². The largest absolute Gasteiger partial charge is 0.340 e. The van der Waals surface area contributed by atoms with Gasteiger partial charge in [0.25, 0.3) is 5.56 Å². The summed E-state index contributed by atoms with van der Waals surface area (Å²) >= 11 is 1.45. The van der Waals surface area contributed by atoms with Crippen LogP contribution in [0.1, 0.15) is 12.0 Å². The van der Waals surface area contributed by atoms with E-state index >= 15 is 0 Å². The number of nitrogens with zero attached hydrogens (tertiary/aromatic N) is 5. The van der Waals surface area contributed by atoms with E-state index in [-0.39, 0.29) is 11.5 Å². The first-order chi connectivity index (χ1) is 15.2. The number of hydrogen-bond donors (Lipinski definition) is 0. The molecule has 4 aromatic rings. The zero-order valence-electron chi connectivity index (χ0n) is 17.1. The van der Waals surface area contributed by atoms with Gasteiger partial charge in [0.1, 0.15) is 4.83 Å². The Kier molecular flexibility index (Phi) is 5.48. The molecule has 0 saturated carbocycles. The maximum atomic E-state index is 12.7. The second-order valence-electron chi connectivity index (χ2n) is 7.78. The molecule has 31 heavy (non-hydrogen) atoms. The van der Waals surface area contributed by atoms with Crippen molar-refractivity contribution < 1.29 is 4.79 Å². The van der Waals surface area contributed by atoms with E-state index in [2.05, 4.69) is 39.1 Å². The molecule has 1 amide bonds. The molecule has 5 rings (SSSR count). The summed E-state index contributed by atoms with van der Waals surface area (Å²) in [6.07, 6.45) is 3.69. The summed E-state index contributed by atoms with van der Waals surface area (Å²) in [5, 5.41) is 3.64. The minimum absolute atomic E-state index is 0.0763. The standard InChI is InChI=1S/C23H23N5O2S/c29-20(6-9-28-16-25-22-19(23(28)30)7-14-31-22)27-12-10-26(11-13-27)15-18-4-1-3-17-5-2-8-24-21(17)18/h1-5,7-8,14,16H,6,9-13,15H2. The number of aromatic nitrogens is 3. The Labute approximate surface area is 183 Å². The zero-order chi connectivity index (χ0) is 21.2. The van der Waals surface area contributed by atoms with Crippen LogP contribution in [0.25, 0.3) is 21.1 Å². The van der Waals surface area contributed by atoms with E-state index in [1.807, 2.05) is 22.5 Å². The van der Waals surface area contributed by atoms with E-state index in [1.54, 1.807) is 12.4 Å². The van der Waals surface area contributed by atoms with Crippen LogP contribution in [0.15, 0.2) is 59.1 Å². The maximum Gasteiger partial charge on any atom is 0.262 e. The quantitative estimate of drug-likeness (QED) is 0.484. The third kappa shape index (κ3) is 4.08. The van der Waals surface area contributed by atoms with Crippen LogP contribution in [-0.4, -0.2) is 56.4 Å². The fourth-order valence-corrected chi connectivity index (χ4v) is 4.84. The minimum atomic E-state index is -0.0763. The van der Waals surface area contributed by atoms with Crippen LogP contribution in [-0.2, 0) is 17.9 Å². The molecule has 1 aromatic carbocycles. The van der Waals surface area contributed by atoms with Gasteiger partial charge in [-0.25, -0.2) is 4.98 Å². The molecule has 1 saturated heterocycles. The SMILES string of the molecule is O=C(CCn1cnc2sccc2c1=O)N1CCN(Cc2cccc3cccnc23)CC1. The number of piperazine rings is 1. The molecule has 1 aliphatic heterocycles. The van der Waals surface area contributed by atoms with E-state index < -0.39 is 0 Å². The Balaban J connectivity index is 1.17. The number of fused-ring (bicyclic) bond motifs is 2. The topological polar surface area (TPSA) is 71.3 Å². The van der Waals surface area contributed by atoms with Crippen molar-refractivity contribution in [2.75, 3.05) is 26.2 Å². The summed E-state index contributed by atoms with van der Waals surface area (Å²) in [5.74, 6) is 0.0868. The van der Waals surface area contributed by atoms with Crippen molar-refractivity contribution in [1.29, 1.82) is 0 Å². The highest BCUT2D eigenvalue weighted by atomic mass is 32.1. The first-order valence-electron chi connectivity index (χ1n) is 10.4. The number of amides is 1. The molecule has 8 heteroatoms. The van der Waals surface area contributed by atoms with Crippen LogP contribution in [0.2, 0.25) is 0 Å². The molecule has 4 heterocycles. The molecule has 7 nitrogen and oxygen atoms in total. The van der Waals surface area contributed by atoms with Crippen LogP contribution in [0.5, 0.6) is 0 Å². The van der Waals surface area contributed by atoms with Gasteiger partial charge in [-0.15, -0.1) is 11.3 Å².